The van der Waals surface area contributed by atoms with Gasteiger partial charge in [0.15, 0.2) is 29.3 Å². The number of benzene rings is 3. The van der Waals surface area contributed by atoms with E-state index in [1.54, 1.807) is 31.2 Å². The molecule has 3 aromatic rings. The van der Waals surface area contributed by atoms with Crippen molar-refractivity contribution in [2.45, 2.75) is 59.2 Å². The summed E-state index contributed by atoms with van der Waals surface area (Å²) < 4.78 is 59.9. The van der Waals surface area contributed by atoms with Crippen molar-refractivity contribution in [3.8, 4) is 17.2 Å². The third-order valence-corrected chi connectivity index (χ3v) is 6.48. The fourth-order valence-corrected chi connectivity index (χ4v) is 4.46. The van der Waals surface area contributed by atoms with Gasteiger partial charge in [0, 0.05) is 6.61 Å². The highest BCUT2D eigenvalue weighted by atomic mass is 32.2. The molecular formula is C32H40F3NO6S. The first kappa shape index (κ1) is 37.3. The number of ether oxygens (including phenoxy) is 3. The summed E-state index contributed by atoms with van der Waals surface area (Å²) in [7, 11) is 2.95. The van der Waals surface area contributed by atoms with Gasteiger partial charge in [0.25, 0.3) is 5.91 Å². The van der Waals surface area contributed by atoms with Crippen LogP contribution in [0.4, 0.5) is 13.2 Å². The minimum atomic E-state index is -4.68. The SMILES string of the molecule is C.CC.COc1ccc([C@@H](CCCOCc2ccccc2)N(C=O)C(=O)c2c(C)cccc2OSC(F)(F)F)cc1OC. The lowest BCUT2D eigenvalue weighted by atomic mass is 9.98. The molecule has 0 heterocycles. The number of rotatable bonds is 14. The van der Waals surface area contributed by atoms with Crippen molar-refractivity contribution in [2.24, 2.45) is 0 Å². The molecule has 1 atom stereocenters. The second-order valence-corrected chi connectivity index (χ2v) is 9.49. The molecule has 0 fully saturated rings. The van der Waals surface area contributed by atoms with Crippen molar-refractivity contribution >= 4 is 24.4 Å². The van der Waals surface area contributed by atoms with Crippen LogP contribution in [-0.2, 0) is 16.1 Å². The smallest absolute Gasteiger partial charge is 0.479 e. The normalized spacial score (nSPS) is 11.3. The number of carbonyl (C=O) groups is 2. The van der Waals surface area contributed by atoms with Gasteiger partial charge in [-0.25, -0.2) is 0 Å². The Morgan fingerprint density at radius 1 is 0.953 bits per heavy atom. The lowest BCUT2D eigenvalue weighted by molar-refractivity contribution is -0.118. The van der Waals surface area contributed by atoms with Crippen LogP contribution in [0, 0.1) is 6.92 Å². The number of nitrogens with zero attached hydrogens (tertiary/aromatic N) is 1. The van der Waals surface area contributed by atoms with Gasteiger partial charge in [0.05, 0.1) is 32.4 Å². The van der Waals surface area contributed by atoms with Crippen LogP contribution in [0.2, 0.25) is 0 Å². The van der Waals surface area contributed by atoms with E-state index in [1.165, 1.54) is 26.4 Å². The summed E-state index contributed by atoms with van der Waals surface area (Å²) >= 11 is -0.728. The Morgan fingerprint density at radius 2 is 1.63 bits per heavy atom. The highest BCUT2D eigenvalue weighted by molar-refractivity contribution is 7.95. The maximum Gasteiger partial charge on any atom is 0.479 e. The van der Waals surface area contributed by atoms with E-state index in [4.69, 9.17) is 18.4 Å². The number of halogens is 3. The van der Waals surface area contributed by atoms with Gasteiger partial charge in [-0.2, -0.15) is 13.2 Å². The Bertz CT molecular complexity index is 1270. The molecular weight excluding hydrogens is 583 g/mol. The number of hydrogen-bond acceptors (Lipinski definition) is 7. The standard InChI is InChI=1S/C29H30F3NO6S.C2H6.CH4/c1-20-9-7-13-25(39-40-29(30,31)32)27(20)28(35)33(19-34)23(22-14-15-24(36-2)26(17-22)37-3)12-8-16-38-18-21-10-5-4-6-11-21;1-2;/h4-7,9-11,13-15,17,19,23H,8,12,16,18H2,1-3H3;1-2H3;1H4/t23-;;/m1../s1. The fourth-order valence-electron chi connectivity index (χ4n) is 4.14. The van der Waals surface area contributed by atoms with Crippen LogP contribution in [0.15, 0.2) is 66.7 Å². The molecule has 2 amide bonds. The van der Waals surface area contributed by atoms with Crippen LogP contribution in [0.25, 0.3) is 0 Å². The van der Waals surface area contributed by atoms with Crippen molar-refractivity contribution in [1.29, 1.82) is 0 Å². The molecule has 3 aromatic carbocycles. The Balaban J connectivity index is 0.00000302. The molecule has 3 rings (SSSR count). The molecule has 0 radical (unpaired) electrons. The van der Waals surface area contributed by atoms with Gasteiger partial charge in [0.2, 0.25) is 6.41 Å². The number of hydrogen-bond donors (Lipinski definition) is 0. The molecule has 0 bridgehead atoms. The first-order valence-electron chi connectivity index (χ1n) is 13.3. The third-order valence-electron chi connectivity index (χ3n) is 6.03. The summed E-state index contributed by atoms with van der Waals surface area (Å²) in [6.07, 6.45) is 1.17. The van der Waals surface area contributed by atoms with Gasteiger partial charge in [-0.15, -0.1) is 0 Å². The topological polar surface area (TPSA) is 74.3 Å². The first-order valence-corrected chi connectivity index (χ1v) is 14.1. The van der Waals surface area contributed by atoms with Crippen molar-refractivity contribution in [3.05, 3.63) is 89.0 Å². The van der Waals surface area contributed by atoms with E-state index >= 15 is 0 Å². The van der Waals surface area contributed by atoms with Crippen molar-refractivity contribution in [2.75, 3.05) is 20.8 Å². The summed E-state index contributed by atoms with van der Waals surface area (Å²) in [6.45, 7) is 6.31. The zero-order chi connectivity index (χ0) is 31.1. The number of methoxy groups -OCH3 is 2. The Hall–Kier alpha value is -3.70. The number of carbonyl (C=O) groups excluding carboxylic acids is 2. The Labute approximate surface area is 256 Å². The maximum atomic E-state index is 13.7. The van der Waals surface area contributed by atoms with Gasteiger partial charge >= 0.3 is 5.51 Å². The lowest BCUT2D eigenvalue weighted by Gasteiger charge is -2.29. The van der Waals surface area contributed by atoms with Gasteiger partial charge in [-0.05, 0) is 54.7 Å². The van der Waals surface area contributed by atoms with Crippen LogP contribution >= 0.6 is 12.0 Å². The first-order chi connectivity index (χ1) is 20.2. The van der Waals surface area contributed by atoms with Crippen LogP contribution in [0.3, 0.4) is 0 Å². The molecule has 0 saturated heterocycles. The van der Waals surface area contributed by atoms with Gasteiger partial charge in [-0.1, -0.05) is 69.8 Å². The van der Waals surface area contributed by atoms with E-state index in [1.807, 2.05) is 44.2 Å². The quantitative estimate of drug-likeness (QED) is 0.101. The highest BCUT2D eigenvalue weighted by Crippen LogP contribution is 2.38. The van der Waals surface area contributed by atoms with Crippen LogP contribution in [-0.4, -0.2) is 43.6 Å². The van der Waals surface area contributed by atoms with Crippen LogP contribution in [0.5, 0.6) is 17.2 Å². The summed E-state index contributed by atoms with van der Waals surface area (Å²) in [4.78, 5) is 27.1. The van der Waals surface area contributed by atoms with Crippen molar-refractivity contribution in [1.82, 2.24) is 4.90 Å². The third kappa shape index (κ3) is 11.1. The van der Waals surface area contributed by atoms with Gasteiger partial charge < -0.3 is 18.4 Å². The zero-order valence-corrected chi connectivity index (χ0v) is 25.1. The second kappa shape index (κ2) is 18.8. The molecule has 0 spiro atoms. The molecule has 0 N–H and O–H groups in total. The van der Waals surface area contributed by atoms with E-state index in [-0.39, 0.29) is 18.7 Å². The average Bonchev–Trinajstić information content (AvgIpc) is 3.00. The van der Waals surface area contributed by atoms with Crippen molar-refractivity contribution < 1.29 is 41.2 Å². The summed E-state index contributed by atoms with van der Waals surface area (Å²) in [5.74, 6) is -0.239. The summed E-state index contributed by atoms with van der Waals surface area (Å²) in [6, 6.07) is 18.1. The second-order valence-electron chi connectivity index (χ2n) is 8.69. The van der Waals surface area contributed by atoms with Crippen LogP contribution < -0.4 is 13.7 Å². The number of imide groups is 1. The summed E-state index contributed by atoms with van der Waals surface area (Å²) in [5, 5.41) is 0. The van der Waals surface area contributed by atoms with E-state index in [9.17, 15) is 22.8 Å². The highest BCUT2D eigenvalue weighted by Gasteiger charge is 2.34. The Kier molecular flexibility index (Phi) is 16.3. The monoisotopic (exact) mass is 623 g/mol. The largest absolute Gasteiger partial charge is 0.493 e. The van der Waals surface area contributed by atoms with E-state index < -0.39 is 29.5 Å². The fraction of sp³-hybridized carbons (Fsp3) is 0.375. The van der Waals surface area contributed by atoms with E-state index in [2.05, 4.69) is 0 Å². The van der Waals surface area contributed by atoms with Gasteiger partial charge in [0.1, 0.15) is 0 Å². The molecule has 11 heteroatoms. The number of alkyl halides is 3. The summed E-state index contributed by atoms with van der Waals surface area (Å²) in [5.41, 5.74) is -2.89. The maximum absolute atomic E-state index is 13.7. The molecule has 43 heavy (non-hydrogen) atoms. The molecule has 7 nitrogen and oxygen atoms in total. The van der Waals surface area contributed by atoms with Crippen LogP contribution in [0.1, 0.15) is 67.2 Å². The average molecular weight is 624 g/mol. The predicted molar refractivity (Wildman–Crippen MR) is 163 cm³/mol. The van der Waals surface area contributed by atoms with Gasteiger partial charge in [-0.3, -0.25) is 14.5 Å². The Morgan fingerprint density at radius 3 is 2.23 bits per heavy atom. The molecule has 0 aliphatic carbocycles. The number of amides is 2. The molecule has 236 valence electrons. The molecule has 0 unspecified atom stereocenters. The van der Waals surface area contributed by atoms with Crippen molar-refractivity contribution in [3.63, 3.8) is 0 Å². The number of aryl methyl sites for hydroxylation is 1. The molecule has 0 aliphatic rings. The lowest BCUT2D eigenvalue weighted by Crippen LogP contribution is -2.34. The van der Waals surface area contributed by atoms with E-state index in [0.717, 1.165) is 10.5 Å². The molecule has 0 saturated carbocycles. The predicted octanol–water partition coefficient (Wildman–Crippen LogP) is 8.56. The minimum absolute atomic E-state index is 0. The van der Waals surface area contributed by atoms with E-state index in [0.29, 0.717) is 55.1 Å². The molecule has 0 aliphatic heterocycles. The zero-order valence-electron chi connectivity index (χ0n) is 24.3. The molecule has 0 aromatic heterocycles. The minimum Gasteiger partial charge on any atom is -0.493 e.